The maximum absolute atomic E-state index is 13.8. The number of anilines is 1. The predicted molar refractivity (Wildman–Crippen MR) is 194 cm³/mol. The zero-order valence-electron chi connectivity index (χ0n) is 28.7. The highest BCUT2D eigenvalue weighted by atomic mass is 16.5. The number of allylic oxidation sites excluding steroid dienone is 4. The van der Waals surface area contributed by atoms with E-state index in [9.17, 15) is 9.59 Å². The summed E-state index contributed by atoms with van der Waals surface area (Å²) in [5.41, 5.74) is 5.10. The van der Waals surface area contributed by atoms with Crippen LogP contribution < -0.4 is 10.2 Å². The number of carbonyl (C=O) groups is 2. The number of hydrogen-bond donors (Lipinski definition) is 1. The van der Waals surface area contributed by atoms with Gasteiger partial charge in [0, 0.05) is 29.4 Å². The molecule has 0 aromatic heterocycles. The molecule has 2 aliphatic rings. The molecule has 2 aromatic carbocycles. The highest BCUT2D eigenvalue weighted by Crippen LogP contribution is 2.30. The Balaban J connectivity index is 1.46. The number of fused-ring (bicyclic) bond motifs is 1. The Morgan fingerprint density at radius 1 is 1.00 bits per heavy atom. The maximum atomic E-state index is 13.8. The Morgan fingerprint density at radius 2 is 1.68 bits per heavy atom. The molecular formula is C41H51N3O3. The summed E-state index contributed by atoms with van der Waals surface area (Å²) in [6.07, 6.45) is 24.6. The van der Waals surface area contributed by atoms with E-state index in [0.717, 1.165) is 29.8 Å². The van der Waals surface area contributed by atoms with Crippen LogP contribution in [0.5, 0.6) is 0 Å². The minimum Gasteiger partial charge on any atom is -0.492 e. The molecule has 248 valence electrons. The van der Waals surface area contributed by atoms with E-state index in [-0.39, 0.29) is 17.3 Å². The lowest BCUT2D eigenvalue weighted by molar-refractivity contribution is -0.116. The van der Waals surface area contributed by atoms with E-state index < -0.39 is 5.91 Å². The van der Waals surface area contributed by atoms with Crippen LogP contribution in [0, 0.1) is 25.3 Å². The molecule has 6 heteroatoms. The fraction of sp³-hybridized carbons (Fsp3) is 0.439. The van der Waals surface area contributed by atoms with Crippen molar-refractivity contribution < 1.29 is 14.3 Å². The van der Waals surface area contributed by atoms with Gasteiger partial charge in [-0.3, -0.25) is 9.59 Å². The van der Waals surface area contributed by atoms with Gasteiger partial charge in [-0.05, 0) is 68.5 Å². The molecule has 0 saturated heterocycles. The van der Waals surface area contributed by atoms with Crippen molar-refractivity contribution in [2.45, 2.75) is 98.3 Å². The van der Waals surface area contributed by atoms with Crippen LogP contribution in [0.4, 0.5) is 11.4 Å². The first-order valence-electron chi connectivity index (χ1n) is 17.5. The van der Waals surface area contributed by atoms with Crippen LogP contribution in [0.15, 0.2) is 82.7 Å². The first kappa shape index (κ1) is 35.5. The summed E-state index contributed by atoms with van der Waals surface area (Å²) in [6.45, 7) is 9.63. The van der Waals surface area contributed by atoms with Gasteiger partial charge in [0.1, 0.15) is 5.76 Å². The molecule has 1 atom stereocenters. The van der Waals surface area contributed by atoms with Crippen molar-refractivity contribution in [1.29, 1.82) is 0 Å². The van der Waals surface area contributed by atoms with Gasteiger partial charge in [0.25, 0.3) is 5.91 Å². The summed E-state index contributed by atoms with van der Waals surface area (Å²) in [4.78, 5) is 34.1. The van der Waals surface area contributed by atoms with Gasteiger partial charge in [0.2, 0.25) is 0 Å². The third-order valence-electron chi connectivity index (χ3n) is 8.84. The molecule has 0 radical (unpaired) electrons. The van der Waals surface area contributed by atoms with Crippen molar-refractivity contribution in [3.05, 3.63) is 94.4 Å². The summed E-state index contributed by atoms with van der Waals surface area (Å²) >= 11 is 0. The van der Waals surface area contributed by atoms with Crippen molar-refractivity contribution in [2.24, 2.45) is 10.9 Å². The van der Waals surface area contributed by atoms with E-state index in [1.165, 1.54) is 51.4 Å². The number of terminal acetylenes is 1. The number of aliphatic imine (C=N–C) groups is 1. The van der Waals surface area contributed by atoms with Crippen LogP contribution >= 0.6 is 0 Å². The molecule has 0 fully saturated rings. The van der Waals surface area contributed by atoms with Gasteiger partial charge in [-0.25, -0.2) is 4.99 Å². The Kier molecular flexibility index (Phi) is 13.7. The number of ether oxygens (including phenoxy) is 1. The lowest BCUT2D eigenvalue weighted by atomic mass is 9.88. The smallest absolute Gasteiger partial charge is 0.259 e. The number of benzene rings is 2. The maximum Gasteiger partial charge on any atom is 0.259 e. The molecule has 47 heavy (non-hydrogen) atoms. The third-order valence-corrected chi connectivity index (χ3v) is 8.84. The van der Waals surface area contributed by atoms with Gasteiger partial charge < -0.3 is 15.0 Å². The minimum absolute atomic E-state index is 0.0602. The van der Waals surface area contributed by atoms with Gasteiger partial charge in [-0.1, -0.05) is 108 Å². The molecule has 4 rings (SSSR count). The van der Waals surface area contributed by atoms with Gasteiger partial charge in [-0.15, -0.1) is 0 Å². The summed E-state index contributed by atoms with van der Waals surface area (Å²) in [6, 6.07) is 15.9. The quantitative estimate of drug-likeness (QED) is 0.0815. The van der Waals surface area contributed by atoms with Crippen molar-refractivity contribution in [3.63, 3.8) is 0 Å². The van der Waals surface area contributed by atoms with E-state index in [4.69, 9.17) is 16.2 Å². The van der Waals surface area contributed by atoms with E-state index in [1.807, 2.05) is 61.2 Å². The largest absolute Gasteiger partial charge is 0.492 e. The fourth-order valence-corrected chi connectivity index (χ4v) is 6.07. The monoisotopic (exact) mass is 633 g/mol. The Hall–Kier alpha value is -4.37. The van der Waals surface area contributed by atoms with Crippen LogP contribution in [0.25, 0.3) is 0 Å². The number of hydrogen-bond acceptors (Lipinski definition) is 5. The average Bonchev–Trinajstić information content (AvgIpc) is 3.07. The van der Waals surface area contributed by atoms with Crippen molar-refractivity contribution in [1.82, 2.24) is 5.32 Å². The topological polar surface area (TPSA) is 71.0 Å². The molecule has 6 nitrogen and oxygen atoms in total. The first-order chi connectivity index (χ1) is 22.9. The summed E-state index contributed by atoms with van der Waals surface area (Å²) < 4.78 is 6.18. The van der Waals surface area contributed by atoms with E-state index >= 15 is 0 Å². The molecule has 0 bridgehead atoms. The molecule has 2 aliphatic carbocycles. The lowest BCUT2D eigenvalue weighted by Crippen LogP contribution is -2.33. The zero-order chi connectivity index (χ0) is 33.6. The molecule has 2 aromatic rings. The van der Waals surface area contributed by atoms with Crippen LogP contribution in [0.2, 0.25) is 0 Å². The lowest BCUT2D eigenvalue weighted by Gasteiger charge is -2.23. The number of Topliss-reactive ketones (excluding diaryl/α,β-unsaturated/α-hetero) is 1. The van der Waals surface area contributed by atoms with E-state index in [2.05, 4.69) is 31.3 Å². The highest BCUT2D eigenvalue weighted by Gasteiger charge is 2.30. The third kappa shape index (κ3) is 9.81. The Bertz CT molecular complexity index is 1570. The number of unbranched alkanes of at least 4 members (excludes halogenated alkanes) is 9. The predicted octanol–water partition coefficient (Wildman–Crippen LogP) is 9.52. The highest BCUT2D eigenvalue weighted by molar-refractivity contribution is 6.35. The van der Waals surface area contributed by atoms with Crippen molar-refractivity contribution in [2.75, 3.05) is 18.1 Å². The molecule has 0 spiro atoms. The number of amides is 1. The molecule has 1 amide bonds. The van der Waals surface area contributed by atoms with Gasteiger partial charge in [0.05, 0.1) is 29.3 Å². The number of ketones is 1. The second-order valence-corrected chi connectivity index (χ2v) is 12.6. The van der Waals surface area contributed by atoms with Gasteiger partial charge in [0.15, 0.2) is 5.78 Å². The van der Waals surface area contributed by atoms with Crippen molar-refractivity contribution >= 4 is 28.8 Å². The van der Waals surface area contributed by atoms with Crippen LogP contribution in [-0.4, -0.2) is 30.6 Å². The van der Waals surface area contributed by atoms with E-state index in [0.29, 0.717) is 47.9 Å². The average molecular weight is 634 g/mol. The van der Waals surface area contributed by atoms with Crippen LogP contribution in [0.3, 0.4) is 0 Å². The first-order valence-corrected chi connectivity index (χ1v) is 17.5. The molecule has 1 unspecified atom stereocenters. The number of rotatable bonds is 17. The molecule has 0 heterocycles. The Labute approximate surface area is 282 Å². The second-order valence-electron chi connectivity index (χ2n) is 12.6. The minimum atomic E-state index is -0.450. The number of aryl methyl sites for hydroxylation is 1. The van der Waals surface area contributed by atoms with E-state index in [1.54, 1.807) is 12.1 Å². The molecule has 1 N–H and O–H groups in total. The molecule has 0 saturated carbocycles. The van der Waals surface area contributed by atoms with Gasteiger partial charge >= 0.3 is 0 Å². The van der Waals surface area contributed by atoms with Crippen molar-refractivity contribution in [3.8, 4) is 12.5 Å². The zero-order valence-corrected chi connectivity index (χ0v) is 28.7. The molecule has 0 aliphatic heterocycles. The fourth-order valence-electron chi connectivity index (χ4n) is 6.07. The van der Waals surface area contributed by atoms with Crippen LogP contribution in [-0.2, 0) is 9.53 Å². The number of nitrogens with zero attached hydrogens (tertiary/aromatic N) is 2. The van der Waals surface area contributed by atoms with Crippen LogP contribution in [0.1, 0.15) is 113 Å². The summed E-state index contributed by atoms with van der Waals surface area (Å²) in [5.74, 6) is 0.154. The second kappa shape index (κ2) is 18.1. The normalized spacial score (nSPS) is 16.5. The SMILES string of the molecule is C#CN(CC)c1ccc(N=C2C=C(C(=O)NC3=C(OCCCCCCCCCCCC)C=CC(C)C3)C(=O)c3ccccc32)c(C)c1. The van der Waals surface area contributed by atoms with Gasteiger partial charge in [-0.2, -0.15) is 0 Å². The Morgan fingerprint density at radius 3 is 2.34 bits per heavy atom. The number of carbonyl (C=O) groups excluding carboxylic acids is 2. The number of nitrogens with one attached hydrogen (secondary N) is 1. The molecular weight excluding hydrogens is 582 g/mol. The summed E-state index contributed by atoms with van der Waals surface area (Å²) in [7, 11) is 0. The standard InChI is InChI=1S/C41H51N3O3/c1-6-9-10-11-12-13-14-15-16-19-26-47-39-25-22-30(4)27-38(39)43-41(46)35-29-37(33-20-17-18-21-34(33)40(35)45)42-36-24-23-32(28-31(36)5)44(7-2)8-3/h2,17-18,20-25,28-30H,6,8-16,19,26-27H2,1,3-5H3,(H,43,46). The summed E-state index contributed by atoms with van der Waals surface area (Å²) in [5, 5.41) is 3.04.